The standard InChI is InChI=1S/C15H24BrN3O/c1-10(2)7-12(19(3)4)9-18-15(20)11-5-6-13(16)14(17)8-11/h5-6,8,10,12H,7,9,17H2,1-4H3,(H,18,20). The molecule has 0 aliphatic heterocycles. The Balaban J connectivity index is 2.63. The van der Waals surface area contributed by atoms with Crippen LogP contribution < -0.4 is 11.1 Å². The number of carbonyl (C=O) groups is 1. The summed E-state index contributed by atoms with van der Waals surface area (Å²) in [5, 5.41) is 2.98. The van der Waals surface area contributed by atoms with E-state index in [4.69, 9.17) is 5.73 Å². The number of nitrogens with one attached hydrogen (secondary N) is 1. The first-order chi connectivity index (χ1) is 9.31. The van der Waals surface area contributed by atoms with Gasteiger partial charge in [0.05, 0.1) is 0 Å². The Morgan fingerprint density at radius 1 is 1.40 bits per heavy atom. The first-order valence-corrected chi connectivity index (χ1v) is 7.60. The quantitative estimate of drug-likeness (QED) is 0.782. The van der Waals surface area contributed by atoms with E-state index < -0.39 is 0 Å². The number of amides is 1. The number of benzene rings is 1. The topological polar surface area (TPSA) is 58.4 Å². The summed E-state index contributed by atoms with van der Waals surface area (Å²) in [4.78, 5) is 14.3. The molecule has 5 heteroatoms. The molecule has 0 saturated carbocycles. The summed E-state index contributed by atoms with van der Waals surface area (Å²) in [5.41, 5.74) is 6.96. The van der Waals surface area contributed by atoms with Crippen molar-refractivity contribution in [2.45, 2.75) is 26.3 Å². The molecule has 0 aliphatic carbocycles. The summed E-state index contributed by atoms with van der Waals surface area (Å²) in [7, 11) is 4.08. The SMILES string of the molecule is CC(C)CC(CNC(=O)c1ccc(Br)c(N)c1)N(C)C. The van der Waals surface area contributed by atoms with E-state index in [1.807, 2.05) is 14.1 Å². The van der Waals surface area contributed by atoms with E-state index in [1.54, 1.807) is 18.2 Å². The minimum absolute atomic E-state index is 0.0835. The maximum absolute atomic E-state index is 12.1. The maximum Gasteiger partial charge on any atom is 0.251 e. The highest BCUT2D eigenvalue weighted by atomic mass is 79.9. The predicted molar refractivity (Wildman–Crippen MR) is 87.8 cm³/mol. The lowest BCUT2D eigenvalue weighted by molar-refractivity contribution is 0.0938. The van der Waals surface area contributed by atoms with E-state index >= 15 is 0 Å². The zero-order valence-electron chi connectivity index (χ0n) is 12.6. The van der Waals surface area contributed by atoms with Gasteiger partial charge < -0.3 is 16.0 Å². The summed E-state index contributed by atoms with van der Waals surface area (Å²) in [6, 6.07) is 5.59. The van der Waals surface area contributed by atoms with E-state index in [-0.39, 0.29) is 5.91 Å². The molecule has 1 unspecified atom stereocenters. The van der Waals surface area contributed by atoms with Crippen molar-refractivity contribution in [2.24, 2.45) is 5.92 Å². The lowest BCUT2D eigenvalue weighted by Gasteiger charge is -2.26. The fourth-order valence-corrected chi connectivity index (χ4v) is 2.27. The normalized spacial score (nSPS) is 12.8. The Labute approximate surface area is 129 Å². The molecule has 1 atom stereocenters. The molecular weight excluding hydrogens is 318 g/mol. The number of carbonyl (C=O) groups excluding carboxylic acids is 1. The van der Waals surface area contributed by atoms with Gasteiger partial charge in [-0.25, -0.2) is 0 Å². The van der Waals surface area contributed by atoms with Crippen molar-refractivity contribution in [2.75, 3.05) is 26.4 Å². The molecule has 0 aromatic heterocycles. The summed E-state index contributed by atoms with van der Waals surface area (Å²) in [6.07, 6.45) is 1.05. The van der Waals surface area contributed by atoms with Gasteiger partial charge in [0.15, 0.2) is 0 Å². The van der Waals surface area contributed by atoms with Crippen LogP contribution in [-0.4, -0.2) is 37.5 Å². The monoisotopic (exact) mass is 341 g/mol. The number of rotatable bonds is 6. The molecule has 0 fully saturated rings. The van der Waals surface area contributed by atoms with E-state index in [2.05, 4.69) is 40.0 Å². The molecule has 0 heterocycles. The molecule has 20 heavy (non-hydrogen) atoms. The molecule has 3 N–H and O–H groups in total. The number of hydrogen-bond donors (Lipinski definition) is 2. The van der Waals surface area contributed by atoms with Gasteiger partial charge in [0, 0.05) is 28.3 Å². The molecule has 0 radical (unpaired) electrons. The van der Waals surface area contributed by atoms with Gasteiger partial charge in [0.1, 0.15) is 0 Å². The average molecular weight is 342 g/mol. The van der Waals surface area contributed by atoms with Gasteiger partial charge in [-0.15, -0.1) is 0 Å². The summed E-state index contributed by atoms with van der Waals surface area (Å²) in [6.45, 7) is 5.02. The maximum atomic E-state index is 12.1. The molecule has 0 spiro atoms. The zero-order chi connectivity index (χ0) is 15.3. The lowest BCUT2D eigenvalue weighted by Crippen LogP contribution is -2.41. The second kappa shape index (κ2) is 7.64. The molecule has 1 aromatic carbocycles. The van der Waals surface area contributed by atoms with Crippen LogP contribution in [0.2, 0.25) is 0 Å². The Bertz CT molecular complexity index is 460. The first-order valence-electron chi connectivity index (χ1n) is 6.81. The van der Waals surface area contributed by atoms with Crippen molar-refractivity contribution < 1.29 is 4.79 Å². The number of nitrogens with two attached hydrogens (primary N) is 1. The number of nitrogen functional groups attached to an aromatic ring is 1. The number of halogens is 1. The minimum atomic E-state index is -0.0835. The van der Waals surface area contributed by atoms with E-state index in [9.17, 15) is 4.79 Å². The summed E-state index contributed by atoms with van der Waals surface area (Å²) >= 11 is 3.32. The van der Waals surface area contributed by atoms with Crippen LogP contribution in [-0.2, 0) is 0 Å². The second-order valence-corrected chi connectivity index (χ2v) is 6.55. The van der Waals surface area contributed by atoms with Gasteiger partial charge in [-0.2, -0.15) is 0 Å². The molecule has 1 amide bonds. The lowest BCUT2D eigenvalue weighted by atomic mass is 10.0. The van der Waals surface area contributed by atoms with Crippen LogP contribution in [0.15, 0.2) is 22.7 Å². The van der Waals surface area contributed by atoms with E-state index in [1.165, 1.54) is 0 Å². The Morgan fingerprint density at radius 2 is 2.05 bits per heavy atom. The van der Waals surface area contributed by atoms with Crippen LogP contribution in [0.25, 0.3) is 0 Å². The van der Waals surface area contributed by atoms with Gasteiger partial charge >= 0.3 is 0 Å². The second-order valence-electron chi connectivity index (χ2n) is 5.69. The van der Waals surface area contributed by atoms with Crippen LogP contribution in [0.1, 0.15) is 30.6 Å². The van der Waals surface area contributed by atoms with Crippen molar-refractivity contribution in [1.82, 2.24) is 10.2 Å². The fraction of sp³-hybridized carbons (Fsp3) is 0.533. The molecule has 0 saturated heterocycles. The Kier molecular flexibility index (Phi) is 6.49. The molecule has 112 valence electrons. The van der Waals surface area contributed by atoms with Crippen molar-refractivity contribution in [3.05, 3.63) is 28.2 Å². The highest BCUT2D eigenvalue weighted by molar-refractivity contribution is 9.10. The third-order valence-corrected chi connectivity index (χ3v) is 3.95. The molecule has 4 nitrogen and oxygen atoms in total. The van der Waals surface area contributed by atoms with Gasteiger partial charge in [0.2, 0.25) is 0 Å². The highest BCUT2D eigenvalue weighted by Gasteiger charge is 2.15. The van der Waals surface area contributed by atoms with Crippen LogP contribution in [0.5, 0.6) is 0 Å². The van der Waals surface area contributed by atoms with Crippen molar-refractivity contribution >= 4 is 27.5 Å². The fourth-order valence-electron chi connectivity index (χ4n) is 2.02. The number of hydrogen-bond acceptors (Lipinski definition) is 3. The number of likely N-dealkylation sites (N-methyl/N-ethyl adjacent to an activating group) is 1. The van der Waals surface area contributed by atoms with Crippen LogP contribution in [0.4, 0.5) is 5.69 Å². The smallest absolute Gasteiger partial charge is 0.251 e. The van der Waals surface area contributed by atoms with E-state index in [0.717, 1.165) is 10.9 Å². The molecule has 0 bridgehead atoms. The van der Waals surface area contributed by atoms with Gasteiger partial charge in [0.25, 0.3) is 5.91 Å². The van der Waals surface area contributed by atoms with Gasteiger partial charge in [-0.3, -0.25) is 4.79 Å². The molecule has 1 aromatic rings. The van der Waals surface area contributed by atoms with Crippen molar-refractivity contribution in [3.8, 4) is 0 Å². The van der Waals surface area contributed by atoms with Crippen LogP contribution >= 0.6 is 15.9 Å². The van der Waals surface area contributed by atoms with E-state index in [0.29, 0.717) is 29.8 Å². The Hall–Kier alpha value is -1.07. The third kappa shape index (κ3) is 5.13. The third-order valence-electron chi connectivity index (χ3n) is 3.23. The van der Waals surface area contributed by atoms with Crippen molar-refractivity contribution in [1.29, 1.82) is 0 Å². The van der Waals surface area contributed by atoms with Gasteiger partial charge in [-0.05, 0) is 60.6 Å². The van der Waals surface area contributed by atoms with Gasteiger partial charge in [-0.1, -0.05) is 13.8 Å². The number of nitrogens with zero attached hydrogens (tertiary/aromatic N) is 1. The molecular formula is C15H24BrN3O. The van der Waals surface area contributed by atoms with Crippen LogP contribution in [0, 0.1) is 5.92 Å². The van der Waals surface area contributed by atoms with Crippen LogP contribution in [0.3, 0.4) is 0 Å². The predicted octanol–water partition coefficient (Wildman–Crippen LogP) is 2.74. The largest absolute Gasteiger partial charge is 0.398 e. The molecule has 0 aliphatic rings. The van der Waals surface area contributed by atoms with Crippen molar-refractivity contribution in [3.63, 3.8) is 0 Å². The Morgan fingerprint density at radius 3 is 2.55 bits per heavy atom. The average Bonchev–Trinajstić information content (AvgIpc) is 2.36. The summed E-state index contributed by atoms with van der Waals surface area (Å²) in [5.74, 6) is 0.516. The zero-order valence-corrected chi connectivity index (χ0v) is 14.2. The highest BCUT2D eigenvalue weighted by Crippen LogP contribution is 2.20. The summed E-state index contributed by atoms with van der Waals surface area (Å²) < 4.78 is 0.806. The molecule has 1 rings (SSSR count). The first kappa shape index (κ1) is 17.0. The minimum Gasteiger partial charge on any atom is -0.398 e. The number of anilines is 1.